The monoisotopic (exact) mass is 444 g/mol. The third kappa shape index (κ3) is 4.69. The van der Waals surface area contributed by atoms with E-state index in [2.05, 4.69) is 30.9 Å². The second-order valence-electron chi connectivity index (χ2n) is 7.10. The molecule has 3 heterocycles. The molecule has 1 saturated heterocycles. The Hall–Kier alpha value is -3.40. The molecule has 162 valence electrons. The minimum absolute atomic E-state index is 0.0218. The summed E-state index contributed by atoms with van der Waals surface area (Å²) in [6, 6.07) is 9.17. The van der Waals surface area contributed by atoms with E-state index in [1.54, 1.807) is 0 Å². The molecule has 11 heteroatoms. The van der Waals surface area contributed by atoms with Crippen molar-refractivity contribution in [3.05, 3.63) is 46.9 Å². The Bertz CT molecular complexity index is 1100. The first-order valence-corrected chi connectivity index (χ1v) is 10.2. The topological polar surface area (TPSA) is 122 Å². The number of piperidine rings is 1. The first-order chi connectivity index (χ1) is 15.0. The summed E-state index contributed by atoms with van der Waals surface area (Å²) in [6.45, 7) is 1.31. The van der Waals surface area contributed by atoms with Crippen LogP contribution < -0.4 is 15.5 Å². The van der Waals surface area contributed by atoms with Gasteiger partial charge in [-0.05, 0) is 12.8 Å². The lowest BCUT2D eigenvalue weighted by Gasteiger charge is -2.33. The Labute approximate surface area is 182 Å². The molecule has 0 bridgehead atoms. The third-order valence-corrected chi connectivity index (χ3v) is 5.38. The van der Waals surface area contributed by atoms with Crippen molar-refractivity contribution in [2.45, 2.75) is 25.5 Å². The molecule has 1 aromatic carbocycles. The van der Waals surface area contributed by atoms with E-state index in [-0.39, 0.29) is 30.0 Å². The summed E-state index contributed by atoms with van der Waals surface area (Å²) in [5.74, 6) is 0.708. The molecule has 10 nitrogen and oxygen atoms in total. The van der Waals surface area contributed by atoms with Gasteiger partial charge in [0.25, 0.3) is 5.91 Å². The van der Waals surface area contributed by atoms with Crippen LogP contribution in [-0.2, 0) is 11.3 Å². The number of hydrogen-bond donors (Lipinski definition) is 2. The maximum absolute atomic E-state index is 12.1. The molecule has 2 aromatic heterocycles. The summed E-state index contributed by atoms with van der Waals surface area (Å²) < 4.78 is 10.2. The third-order valence-electron chi connectivity index (χ3n) is 5.10. The van der Waals surface area contributed by atoms with Gasteiger partial charge < -0.3 is 24.8 Å². The van der Waals surface area contributed by atoms with Crippen molar-refractivity contribution < 1.29 is 18.8 Å². The summed E-state index contributed by atoms with van der Waals surface area (Å²) in [7, 11) is 1.49. The molecular formula is C20H21ClN6O4. The average Bonchev–Trinajstić information content (AvgIpc) is 3.27. The van der Waals surface area contributed by atoms with Gasteiger partial charge in [-0.3, -0.25) is 4.79 Å². The van der Waals surface area contributed by atoms with Crippen LogP contribution in [0.2, 0.25) is 5.15 Å². The Morgan fingerprint density at radius 3 is 2.71 bits per heavy atom. The first-order valence-electron chi connectivity index (χ1n) is 9.82. The SMILES string of the molecule is CNC(=O)c1cc(COC(=O)NC2CCN(c3nnc(Cl)c4ccccc34)CC2)on1. The number of fused-ring (bicyclic) bond motifs is 1. The molecule has 0 aliphatic carbocycles. The van der Waals surface area contributed by atoms with E-state index >= 15 is 0 Å². The molecule has 0 saturated carbocycles. The van der Waals surface area contributed by atoms with E-state index in [0.717, 1.165) is 29.4 Å². The van der Waals surface area contributed by atoms with Crippen LogP contribution in [0.5, 0.6) is 0 Å². The van der Waals surface area contributed by atoms with Crippen molar-refractivity contribution in [3.8, 4) is 0 Å². The molecule has 1 aliphatic rings. The van der Waals surface area contributed by atoms with Crippen LogP contribution in [0.25, 0.3) is 10.8 Å². The molecule has 1 aliphatic heterocycles. The fraction of sp³-hybridized carbons (Fsp3) is 0.350. The van der Waals surface area contributed by atoms with Crippen LogP contribution >= 0.6 is 11.6 Å². The first kappa shape index (κ1) is 20.9. The van der Waals surface area contributed by atoms with Gasteiger partial charge in [0.2, 0.25) is 0 Å². The highest BCUT2D eigenvalue weighted by Crippen LogP contribution is 2.29. The normalized spacial score (nSPS) is 14.5. The van der Waals surface area contributed by atoms with Gasteiger partial charge in [-0.1, -0.05) is 41.0 Å². The Balaban J connectivity index is 1.29. The molecule has 2 amide bonds. The molecular weight excluding hydrogens is 424 g/mol. The van der Waals surface area contributed by atoms with Crippen LogP contribution in [0.4, 0.5) is 10.6 Å². The Morgan fingerprint density at radius 2 is 1.97 bits per heavy atom. The number of benzene rings is 1. The fourth-order valence-corrected chi connectivity index (χ4v) is 3.69. The minimum atomic E-state index is -0.548. The molecule has 2 N–H and O–H groups in total. The predicted molar refractivity (Wildman–Crippen MR) is 113 cm³/mol. The number of rotatable bonds is 5. The average molecular weight is 445 g/mol. The second kappa shape index (κ2) is 9.17. The zero-order valence-electron chi connectivity index (χ0n) is 16.8. The summed E-state index contributed by atoms with van der Waals surface area (Å²) >= 11 is 6.16. The van der Waals surface area contributed by atoms with Crippen molar-refractivity contribution in [1.82, 2.24) is 26.0 Å². The predicted octanol–water partition coefficient (Wildman–Crippen LogP) is 2.53. The van der Waals surface area contributed by atoms with Gasteiger partial charge in [0, 0.05) is 43.0 Å². The summed E-state index contributed by atoms with van der Waals surface area (Å²) in [6.07, 6.45) is 0.918. The molecule has 0 unspecified atom stereocenters. The van der Waals surface area contributed by atoms with Crippen LogP contribution in [0.3, 0.4) is 0 Å². The number of carbonyl (C=O) groups is 2. The molecule has 1 fully saturated rings. The van der Waals surface area contributed by atoms with E-state index in [4.69, 9.17) is 20.9 Å². The van der Waals surface area contributed by atoms with Gasteiger partial charge in [0.05, 0.1) is 0 Å². The molecule has 31 heavy (non-hydrogen) atoms. The Morgan fingerprint density at radius 1 is 1.23 bits per heavy atom. The number of anilines is 1. The van der Waals surface area contributed by atoms with E-state index in [9.17, 15) is 9.59 Å². The van der Waals surface area contributed by atoms with Crippen molar-refractivity contribution in [3.63, 3.8) is 0 Å². The summed E-state index contributed by atoms with van der Waals surface area (Å²) in [5, 5.41) is 19.5. The molecule has 4 rings (SSSR count). The smallest absolute Gasteiger partial charge is 0.407 e. The van der Waals surface area contributed by atoms with Crippen molar-refractivity contribution >= 4 is 40.2 Å². The van der Waals surface area contributed by atoms with E-state index < -0.39 is 6.09 Å². The van der Waals surface area contributed by atoms with Gasteiger partial charge in [-0.15, -0.1) is 10.2 Å². The standard InChI is InChI=1S/C20H21ClN6O4/c1-22-19(28)16-10-13(31-26-16)11-30-20(29)23-12-6-8-27(9-7-12)18-15-5-3-2-4-14(15)17(21)24-25-18/h2-5,10,12H,6-9,11H2,1H3,(H,22,28)(H,23,29). The highest BCUT2D eigenvalue weighted by Gasteiger charge is 2.24. The van der Waals surface area contributed by atoms with Crippen LogP contribution in [0, 0.1) is 0 Å². The number of halogens is 1. The van der Waals surface area contributed by atoms with Gasteiger partial charge in [0.1, 0.15) is 0 Å². The second-order valence-corrected chi connectivity index (χ2v) is 7.46. The number of amides is 2. The van der Waals surface area contributed by atoms with Gasteiger partial charge >= 0.3 is 6.09 Å². The van der Waals surface area contributed by atoms with Gasteiger partial charge in [0.15, 0.2) is 29.0 Å². The lowest BCUT2D eigenvalue weighted by atomic mass is 10.0. The quantitative estimate of drug-likeness (QED) is 0.615. The summed E-state index contributed by atoms with van der Waals surface area (Å²) in [4.78, 5) is 25.7. The highest BCUT2D eigenvalue weighted by atomic mass is 35.5. The number of alkyl carbamates (subject to hydrolysis) is 1. The van der Waals surface area contributed by atoms with Crippen molar-refractivity contribution in [1.29, 1.82) is 0 Å². The maximum Gasteiger partial charge on any atom is 0.407 e. The lowest BCUT2D eigenvalue weighted by molar-refractivity contribution is 0.0952. The lowest BCUT2D eigenvalue weighted by Crippen LogP contribution is -2.45. The van der Waals surface area contributed by atoms with Gasteiger partial charge in [-0.25, -0.2) is 4.79 Å². The van der Waals surface area contributed by atoms with Crippen LogP contribution in [-0.4, -0.2) is 53.5 Å². The number of carbonyl (C=O) groups excluding carboxylic acids is 2. The fourth-order valence-electron chi connectivity index (χ4n) is 3.49. The van der Waals surface area contributed by atoms with Crippen molar-refractivity contribution in [2.75, 3.05) is 25.0 Å². The van der Waals surface area contributed by atoms with E-state index in [1.165, 1.54) is 13.1 Å². The van der Waals surface area contributed by atoms with E-state index in [0.29, 0.717) is 18.2 Å². The largest absolute Gasteiger partial charge is 0.441 e. The molecule has 3 aromatic rings. The molecule has 0 radical (unpaired) electrons. The van der Waals surface area contributed by atoms with Crippen molar-refractivity contribution in [2.24, 2.45) is 0 Å². The van der Waals surface area contributed by atoms with Crippen LogP contribution in [0.1, 0.15) is 29.1 Å². The molecule has 0 atom stereocenters. The maximum atomic E-state index is 12.1. The Kier molecular flexibility index (Phi) is 6.17. The zero-order chi connectivity index (χ0) is 21.8. The van der Waals surface area contributed by atoms with Crippen LogP contribution in [0.15, 0.2) is 34.9 Å². The number of nitrogens with zero attached hydrogens (tertiary/aromatic N) is 4. The molecule has 0 spiro atoms. The minimum Gasteiger partial charge on any atom is -0.441 e. The number of hydrogen-bond acceptors (Lipinski definition) is 8. The summed E-state index contributed by atoms with van der Waals surface area (Å²) in [5.41, 5.74) is 0.131. The zero-order valence-corrected chi connectivity index (χ0v) is 17.6. The number of nitrogens with one attached hydrogen (secondary N) is 2. The number of ether oxygens (including phenoxy) is 1. The number of aromatic nitrogens is 3. The van der Waals surface area contributed by atoms with E-state index in [1.807, 2.05) is 24.3 Å². The highest BCUT2D eigenvalue weighted by molar-refractivity contribution is 6.34. The van der Waals surface area contributed by atoms with Gasteiger partial charge in [-0.2, -0.15) is 0 Å².